The molecule has 0 aromatic heterocycles. The number of hydrogen-bond donors (Lipinski definition) is 0. The maximum atomic E-state index is 3.88. The zero-order valence-corrected chi connectivity index (χ0v) is 13.2. The zero-order chi connectivity index (χ0) is 13.6. The number of rotatable bonds is 8. The highest BCUT2D eigenvalue weighted by atomic mass is 14.4. The van der Waals surface area contributed by atoms with Crippen molar-refractivity contribution >= 4 is 0 Å². The van der Waals surface area contributed by atoms with Gasteiger partial charge < -0.3 is 0 Å². The molecule has 0 heterocycles. The molecule has 0 spiro atoms. The SMILES string of the molecule is CCCC1=[C]C(C)(CCC)C(CCC)=C1CCC. The van der Waals surface area contributed by atoms with Gasteiger partial charge in [0.15, 0.2) is 0 Å². The van der Waals surface area contributed by atoms with Gasteiger partial charge >= 0.3 is 0 Å². The first-order valence-corrected chi connectivity index (χ1v) is 7.99. The molecule has 1 rings (SSSR count). The summed E-state index contributed by atoms with van der Waals surface area (Å²) in [5.74, 6) is 0. The molecular weight excluding hydrogens is 216 g/mol. The van der Waals surface area contributed by atoms with Gasteiger partial charge in [0, 0.05) is 5.41 Å². The van der Waals surface area contributed by atoms with Gasteiger partial charge in [-0.3, -0.25) is 0 Å². The summed E-state index contributed by atoms with van der Waals surface area (Å²) in [7, 11) is 0. The molecule has 103 valence electrons. The number of allylic oxidation sites excluding steroid dienone is 4. The summed E-state index contributed by atoms with van der Waals surface area (Å²) in [6.07, 6.45) is 13.9. The van der Waals surface area contributed by atoms with Gasteiger partial charge in [0.1, 0.15) is 0 Å². The van der Waals surface area contributed by atoms with Crippen LogP contribution in [-0.2, 0) is 0 Å². The van der Waals surface area contributed by atoms with Crippen LogP contribution in [0.1, 0.15) is 86.0 Å². The Morgan fingerprint density at radius 1 is 0.833 bits per heavy atom. The Morgan fingerprint density at radius 2 is 1.44 bits per heavy atom. The maximum Gasteiger partial charge on any atom is 0.0145 e. The molecule has 0 N–H and O–H groups in total. The molecule has 0 nitrogen and oxygen atoms in total. The Hall–Kier alpha value is -0.520. The van der Waals surface area contributed by atoms with Crippen molar-refractivity contribution in [2.24, 2.45) is 5.41 Å². The van der Waals surface area contributed by atoms with Crippen LogP contribution in [0.25, 0.3) is 0 Å². The molecule has 18 heavy (non-hydrogen) atoms. The van der Waals surface area contributed by atoms with Crippen molar-refractivity contribution in [1.29, 1.82) is 0 Å². The second-order valence-corrected chi connectivity index (χ2v) is 5.89. The first-order valence-electron chi connectivity index (χ1n) is 7.99. The van der Waals surface area contributed by atoms with Gasteiger partial charge in [-0.2, -0.15) is 0 Å². The average Bonchev–Trinajstić information content (AvgIpc) is 2.56. The highest BCUT2D eigenvalue weighted by molar-refractivity contribution is 5.45. The lowest BCUT2D eigenvalue weighted by Gasteiger charge is -2.26. The summed E-state index contributed by atoms with van der Waals surface area (Å²) in [6, 6.07) is 0. The summed E-state index contributed by atoms with van der Waals surface area (Å²) in [5, 5.41) is 0. The van der Waals surface area contributed by atoms with Crippen molar-refractivity contribution in [3.8, 4) is 0 Å². The van der Waals surface area contributed by atoms with Crippen LogP contribution in [0.4, 0.5) is 0 Å². The first kappa shape index (κ1) is 15.5. The average molecular weight is 247 g/mol. The van der Waals surface area contributed by atoms with Gasteiger partial charge in [-0.1, -0.05) is 65.9 Å². The summed E-state index contributed by atoms with van der Waals surface area (Å²) in [6.45, 7) is 11.6. The van der Waals surface area contributed by atoms with E-state index in [0.29, 0.717) is 0 Å². The molecule has 0 saturated heterocycles. The second kappa shape index (κ2) is 7.16. The molecule has 0 amide bonds. The van der Waals surface area contributed by atoms with E-state index in [2.05, 4.69) is 40.7 Å². The molecule has 0 aromatic carbocycles. The minimum absolute atomic E-state index is 0.250. The zero-order valence-electron chi connectivity index (χ0n) is 13.2. The fraction of sp³-hybridized carbons (Fsp3) is 0.778. The molecule has 0 aromatic rings. The van der Waals surface area contributed by atoms with Gasteiger partial charge in [0.2, 0.25) is 0 Å². The van der Waals surface area contributed by atoms with Crippen LogP contribution in [0.2, 0.25) is 0 Å². The Bertz CT molecular complexity index is 319. The second-order valence-electron chi connectivity index (χ2n) is 5.89. The van der Waals surface area contributed by atoms with Crippen molar-refractivity contribution < 1.29 is 0 Å². The van der Waals surface area contributed by atoms with Crippen LogP contribution in [0.3, 0.4) is 0 Å². The van der Waals surface area contributed by atoms with Crippen LogP contribution in [0.5, 0.6) is 0 Å². The highest BCUT2D eigenvalue weighted by Crippen LogP contribution is 2.48. The van der Waals surface area contributed by atoms with Gasteiger partial charge in [-0.15, -0.1) is 0 Å². The summed E-state index contributed by atoms with van der Waals surface area (Å²) in [4.78, 5) is 0. The summed E-state index contributed by atoms with van der Waals surface area (Å²) in [5.41, 5.74) is 5.20. The molecule has 1 unspecified atom stereocenters. The summed E-state index contributed by atoms with van der Waals surface area (Å²) >= 11 is 0. The van der Waals surface area contributed by atoms with E-state index >= 15 is 0 Å². The lowest BCUT2D eigenvalue weighted by Crippen LogP contribution is -2.15. The quantitative estimate of drug-likeness (QED) is 0.476. The first-order chi connectivity index (χ1) is 8.62. The third-order valence-corrected chi connectivity index (χ3v) is 4.07. The van der Waals surface area contributed by atoms with Crippen molar-refractivity contribution in [2.45, 2.75) is 86.0 Å². The maximum absolute atomic E-state index is 3.88. The Kier molecular flexibility index (Phi) is 6.18. The molecule has 1 aliphatic rings. The predicted molar refractivity (Wildman–Crippen MR) is 81.5 cm³/mol. The number of hydrogen-bond acceptors (Lipinski definition) is 0. The predicted octanol–water partition coefficient (Wildman–Crippen LogP) is 6.23. The molecule has 0 saturated carbocycles. The molecule has 1 atom stereocenters. The molecular formula is C18H31. The third-order valence-electron chi connectivity index (χ3n) is 4.07. The van der Waals surface area contributed by atoms with Crippen LogP contribution < -0.4 is 0 Å². The van der Waals surface area contributed by atoms with Crippen LogP contribution in [0, 0.1) is 11.5 Å². The van der Waals surface area contributed by atoms with Gasteiger partial charge in [0.05, 0.1) is 0 Å². The van der Waals surface area contributed by atoms with E-state index in [1.54, 1.807) is 16.7 Å². The monoisotopic (exact) mass is 247 g/mol. The third kappa shape index (κ3) is 3.28. The smallest absolute Gasteiger partial charge is 0.0145 e. The van der Waals surface area contributed by atoms with Crippen LogP contribution in [-0.4, -0.2) is 0 Å². The van der Waals surface area contributed by atoms with Crippen molar-refractivity contribution in [3.63, 3.8) is 0 Å². The molecule has 0 fully saturated rings. The van der Waals surface area contributed by atoms with Crippen molar-refractivity contribution in [3.05, 3.63) is 22.8 Å². The standard InChI is InChI=1S/C18H31/c1-6-10-15-14-18(5,13-9-4)17(12-8-3)16(15)11-7-2/h6-13H2,1-5H3. The molecule has 0 aliphatic heterocycles. The van der Waals surface area contributed by atoms with E-state index in [1.165, 1.54) is 51.4 Å². The van der Waals surface area contributed by atoms with Gasteiger partial charge in [0.25, 0.3) is 0 Å². The Morgan fingerprint density at radius 3 is 1.94 bits per heavy atom. The molecule has 0 heteroatoms. The Labute approximate surface area is 115 Å². The Balaban J connectivity index is 3.10. The highest BCUT2D eigenvalue weighted by Gasteiger charge is 2.34. The molecule has 0 bridgehead atoms. The van der Waals surface area contributed by atoms with E-state index in [9.17, 15) is 0 Å². The lowest BCUT2D eigenvalue weighted by molar-refractivity contribution is 0.434. The minimum Gasteiger partial charge on any atom is -0.0653 e. The van der Waals surface area contributed by atoms with Gasteiger partial charge in [-0.25, -0.2) is 0 Å². The summed E-state index contributed by atoms with van der Waals surface area (Å²) < 4.78 is 0. The fourth-order valence-corrected chi connectivity index (χ4v) is 3.40. The van der Waals surface area contributed by atoms with Crippen molar-refractivity contribution in [2.75, 3.05) is 0 Å². The fourth-order valence-electron chi connectivity index (χ4n) is 3.40. The minimum atomic E-state index is 0.250. The molecule has 1 radical (unpaired) electrons. The largest absolute Gasteiger partial charge is 0.0653 e. The lowest BCUT2D eigenvalue weighted by atomic mass is 9.77. The molecule has 1 aliphatic carbocycles. The van der Waals surface area contributed by atoms with Gasteiger partial charge in [-0.05, 0) is 42.9 Å². The van der Waals surface area contributed by atoms with Crippen LogP contribution in [0.15, 0.2) is 16.7 Å². The van der Waals surface area contributed by atoms with E-state index in [0.717, 1.165) is 0 Å². The van der Waals surface area contributed by atoms with E-state index < -0.39 is 0 Å². The van der Waals surface area contributed by atoms with E-state index in [4.69, 9.17) is 0 Å². The van der Waals surface area contributed by atoms with E-state index in [1.807, 2.05) is 0 Å². The normalized spacial score (nSPS) is 23.7. The van der Waals surface area contributed by atoms with Crippen molar-refractivity contribution in [1.82, 2.24) is 0 Å². The van der Waals surface area contributed by atoms with E-state index in [-0.39, 0.29) is 5.41 Å². The topological polar surface area (TPSA) is 0 Å². The van der Waals surface area contributed by atoms with Crippen LogP contribution >= 0.6 is 0 Å².